The van der Waals surface area contributed by atoms with Crippen LogP contribution in [0, 0.1) is 0 Å². The summed E-state index contributed by atoms with van der Waals surface area (Å²) in [5, 5.41) is 0. The molecule has 0 saturated carbocycles. The number of alkyl halides is 1. The van der Waals surface area contributed by atoms with Crippen molar-refractivity contribution in [3.63, 3.8) is 0 Å². The van der Waals surface area contributed by atoms with Crippen molar-refractivity contribution in [2.75, 3.05) is 11.5 Å². The molecule has 1 aromatic carbocycles. The van der Waals surface area contributed by atoms with E-state index < -0.39 is 35.9 Å². The van der Waals surface area contributed by atoms with Gasteiger partial charge in [0.2, 0.25) is 0 Å². The first-order chi connectivity index (χ1) is 14.6. The van der Waals surface area contributed by atoms with Crippen LogP contribution in [0.2, 0.25) is 0 Å². The van der Waals surface area contributed by atoms with E-state index in [2.05, 4.69) is 22.6 Å². The van der Waals surface area contributed by atoms with Gasteiger partial charge in [-0.25, -0.2) is 4.79 Å². The van der Waals surface area contributed by atoms with E-state index in [1.54, 1.807) is 6.08 Å². The minimum absolute atomic E-state index is 0.153. The van der Waals surface area contributed by atoms with Crippen molar-refractivity contribution in [1.29, 1.82) is 0 Å². The third-order valence-corrected chi connectivity index (χ3v) is 5.96. The Morgan fingerprint density at radius 2 is 1.71 bits per heavy atom. The SMILES string of the molecule is COC(=O)/C=C/C(OCc1ccccc1)[C@@H]1OC(C)(C)O[C@H]1[C@@H]1OC(C)(C)O[C@@H]1CI. The van der Waals surface area contributed by atoms with E-state index in [1.165, 1.54) is 13.2 Å². The van der Waals surface area contributed by atoms with E-state index >= 15 is 0 Å². The molecule has 2 aliphatic heterocycles. The Hall–Kier alpha value is -1.04. The Balaban J connectivity index is 1.86. The molecule has 3 rings (SSSR count). The van der Waals surface area contributed by atoms with Crippen molar-refractivity contribution in [2.45, 2.75) is 76.4 Å². The lowest BCUT2D eigenvalue weighted by molar-refractivity contribution is -0.175. The Kier molecular flexibility index (Phi) is 8.15. The summed E-state index contributed by atoms with van der Waals surface area (Å²) in [5.74, 6) is -2.02. The van der Waals surface area contributed by atoms with Crippen molar-refractivity contribution in [2.24, 2.45) is 0 Å². The monoisotopic (exact) mass is 546 g/mol. The largest absolute Gasteiger partial charge is 0.466 e. The minimum Gasteiger partial charge on any atom is -0.466 e. The second-order valence-corrected chi connectivity index (χ2v) is 9.38. The van der Waals surface area contributed by atoms with Crippen LogP contribution in [0.5, 0.6) is 0 Å². The van der Waals surface area contributed by atoms with Gasteiger partial charge in [0.15, 0.2) is 11.6 Å². The number of hydrogen-bond acceptors (Lipinski definition) is 7. The highest BCUT2D eigenvalue weighted by Gasteiger charge is 2.55. The summed E-state index contributed by atoms with van der Waals surface area (Å²) in [5.41, 5.74) is 1.01. The third kappa shape index (κ3) is 6.49. The van der Waals surface area contributed by atoms with Crippen LogP contribution in [0.25, 0.3) is 0 Å². The molecule has 7 nitrogen and oxygen atoms in total. The van der Waals surface area contributed by atoms with Crippen molar-refractivity contribution in [3.8, 4) is 0 Å². The van der Waals surface area contributed by atoms with Gasteiger partial charge in [0.1, 0.15) is 24.4 Å². The molecule has 1 aromatic rings. The van der Waals surface area contributed by atoms with Gasteiger partial charge in [0.25, 0.3) is 0 Å². The maximum atomic E-state index is 11.8. The number of methoxy groups -OCH3 is 1. The van der Waals surface area contributed by atoms with E-state index in [1.807, 2.05) is 58.0 Å². The molecule has 8 heteroatoms. The lowest BCUT2D eigenvalue weighted by Gasteiger charge is -2.29. The van der Waals surface area contributed by atoms with E-state index in [0.29, 0.717) is 6.61 Å². The van der Waals surface area contributed by atoms with E-state index in [9.17, 15) is 4.79 Å². The number of rotatable bonds is 8. The first kappa shape index (κ1) is 24.6. The van der Waals surface area contributed by atoms with Crippen LogP contribution < -0.4 is 0 Å². The highest BCUT2D eigenvalue weighted by Crippen LogP contribution is 2.40. The predicted octanol–water partition coefficient (Wildman–Crippen LogP) is 3.78. The van der Waals surface area contributed by atoms with Gasteiger partial charge in [-0.2, -0.15) is 0 Å². The Morgan fingerprint density at radius 3 is 2.35 bits per heavy atom. The Morgan fingerprint density at radius 1 is 1.06 bits per heavy atom. The molecule has 0 aromatic heterocycles. The highest BCUT2D eigenvalue weighted by atomic mass is 127. The van der Waals surface area contributed by atoms with Gasteiger partial charge < -0.3 is 28.4 Å². The van der Waals surface area contributed by atoms with Crippen LogP contribution in [-0.4, -0.2) is 59.6 Å². The van der Waals surface area contributed by atoms with Gasteiger partial charge in [0, 0.05) is 10.5 Å². The molecule has 0 aliphatic carbocycles. The molecular formula is C23H31IO7. The Bertz CT molecular complexity index is 764. The lowest BCUT2D eigenvalue weighted by atomic mass is 9.99. The maximum Gasteiger partial charge on any atom is 0.330 e. The Labute approximate surface area is 197 Å². The molecule has 2 saturated heterocycles. The lowest BCUT2D eigenvalue weighted by Crippen LogP contribution is -2.47. The van der Waals surface area contributed by atoms with Gasteiger partial charge in [-0.1, -0.05) is 52.9 Å². The summed E-state index contributed by atoms with van der Waals surface area (Å²) in [6.45, 7) is 7.86. The smallest absolute Gasteiger partial charge is 0.330 e. The number of carbonyl (C=O) groups is 1. The second kappa shape index (κ2) is 10.3. The zero-order chi connectivity index (χ0) is 22.6. The number of carbonyl (C=O) groups excluding carboxylic acids is 1. The normalized spacial score (nSPS) is 30.5. The molecule has 172 valence electrons. The van der Waals surface area contributed by atoms with Gasteiger partial charge in [0.05, 0.1) is 19.8 Å². The van der Waals surface area contributed by atoms with Crippen molar-refractivity contribution in [1.82, 2.24) is 0 Å². The molecule has 2 aliphatic rings. The van der Waals surface area contributed by atoms with E-state index in [-0.39, 0.29) is 12.2 Å². The quantitative estimate of drug-likeness (QED) is 0.213. The number of hydrogen-bond donors (Lipinski definition) is 0. The number of halogens is 1. The number of benzene rings is 1. The molecule has 31 heavy (non-hydrogen) atoms. The standard InChI is InChI=1S/C23H31IO7/c1-22(2)28-17(13-24)20(30-22)21-19(29-23(3,4)31-21)16(11-12-18(25)26-5)27-14-15-9-7-6-8-10-15/h6-12,16-17,19-21H,13-14H2,1-5H3/b12-11+/t16?,17-,19+,20-,21-/m1/s1. The zero-order valence-corrected chi connectivity index (χ0v) is 20.7. The molecule has 0 amide bonds. The van der Waals surface area contributed by atoms with Crippen LogP contribution in [0.3, 0.4) is 0 Å². The van der Waals surface area contributed by atoms with Crippen molar-refractivity contribution < 1.29 is 33.2 Å². The summed E-state index contributed by atoms with van der Waals surface area (Å²) >= 11 is 2.29. The molecule has 0 spiro atoms. The van der Waals surface area contributed by atoms with E-state index in [4.69, 9.17) is 28.4 Å². The van der Waals surface area contributed by atoms with Gasteiger partial charge in [-0.15, -0.1) is 0 Å². The zero-order valence-electron chi connectivity index (χ0n) is 18.6. The third-order valence-electron chi connectivity index (χ3n) is 5.09. The van der Waals surface area contributed by atoms with Crippen LogP contribution >= 0.6 is 22.6 Å². The number of ether oxygens (including phenoxy) is 6. The fourth-order valence-electron chi connectivity index (χ4n) is 3.85. The highest BCUT2D eigenvalue weighted by molar-refractivity contribution is 14.1. The summed E-state index contributed by atoms with van der Waals surface area (Å²) in [6, 6.07) is 9.83. The molecule has 2 heterocycles. The molecule has 2 fully saturated rings. The topological polar surface area (TPSA) is 72.5 Å². The minimum atomic E-state index is -0.839. The molecular weight excluding hydrogens is 515 g/mol. The van der Waals surface area contributed by atoms with Crippen LogP contribution in [-0.2, 0) is 39.8 Å². The molecule has 1 unspecified atom stereocenters. The number of esters is 1. The fraction of sp³-hybridized carbons (Fsp3) is 0.609. The van der Waals surface area contributed by atoms with Gasteiger partial charge >= 0.3 is 5.97 Å². The van der Waals surface area contributed by atoms with Crippen molar-refractivity contribution >= 4 is 28.6 Å². The first-order valence-corrected chi connectivity index (χ1v) is 11.9. The summed E-state index contributed by atoms with van der Waals surface area (Å²) < 4.78 is 36.5. The molecule has 0 N–H and O–H groups in total. The van der Waals surface area contributed by atoms with Crippen LogP contribution in [0.1, 0.15) is 33.3 Å². The average molecular weight is 546 g/mol. The summed E-state index contributed by atoms with van der Waals surface area (Å²) in [4.78, 5) is 11.8. The van der Waals surface area contributed by atoms with Gasteiger partial charge in [-0.3, -0.25) is 0 Å². The van der Waals surface area contributed by atoms with Crippen LogP contribution in [0.4, 0.5) is 0 Å². The fourth-order valence-corrected chi connectivity index (χ4v) is 4.54. The average Bonchev–Trinajstić information content (AvgIpc) is 3.23. The van der Waals surface area contributed by atoms with Crippen LogP contribution in [0.15, 0.2) is 42.5 Å². The summed E-state index contributed by atoms with van der Waals surface area (Å²) in [6.07, 6.45) is 1.01. The molecule has 5 atom stereocenters. The molecule has 0 radical (unpaired) electrons. The summed E-state index contributed by atoms with van der Waals surface area (Å²) in [7, 11) is 1.34. The van der Waals surface area contributed by atoms with E-state index in [0.717, 1.165) is 9.99 Å². The van der Waals surface area contributed by atoms with Crippen molar-refractivity contribution in [3.05, 3.63) is 48.0 Å². The second-order valence-electron chi connectivity index (χ2n) is 8.50. The first-order valence-electron chi connectivity index (χ1n) is 10.3. The predicted molar refractivity (Wildman–Crippen MR) is 123 cm³/mol. The van der Waals surface area contributed by atoms with Gasteiger partial charge in [-0.05, 0) is 39.3 Å². The molecule has 0 bridgehead atoms. The maximum absolute atomic E-state index is 11.8.